The minimum atomic E-state index is -3.07. The number of imidazole rings is 1. The molecular formula is C11H25N3O2S. The summed E-state index contributed by atoms with van der Waals surface area (Å²) in [5, 5.41) is 0. The summed E-state index contributed by atoms with van der Waals surface area (Å²) < 4.78 is 23.6. The average molecular weight is 263 g/mol. The maximum absolute atomic E-state index is 10.6. The van der Waals surface area contributed by atoms with Gasteiger partial charge in [0, 0.05) is 25.4 Å². The lowest BCUT2D eigenvalue weighted by atomic mass is 10.4. The van der Waals surface area contributed by atoms with Gasteiger partial charge in [-0.3, -0.25) is 0 Å². The van der Waals surface area contributed by atoms with E-state index in [1.807, 2.05) is 13.8 Å². The summed E-state index contributed by atoms with van der Waals surface area (Å²) in [5.41, 5.74) is 0. The molecule has 0 unspecified atom stereocenters. The van der Waals surface area contributed by atoms with Crippen LogP contribution in [0.2, 0.25) is 0 Å². The Bertz CT molecular complexity index is 334. The van der Waals surface area contributed by atoms with Gasteiger partial charge in [0.25, 0.3) is 0 Å². The maximum Gasteiger partial charge on any atom is 0.208 e. The van der Waals surface area contributed by atoms with E-state index in [4.69, 9.17) is 0 Å². The number of nitrogens with one attached hydrogen (secondary N) is 2. The zero-order chi connectivity index (χ0) is 13.7. The molecule has 2 N–H and O–H groups in total. The molecule has 6 heteroatoms. The number of hydrogen-bond acceptors (Lipinski definition) is 3. The molecule has 0 bridgehead atoms. The highest BCUT2D eigenvalue weighted by molar-refractivity contribution is 7.88. The summed E-state index contributed by atoms with van der Waals surface area (Å²) in [6.45, 7) is 8.63. The van der Waals surface area contributed by atoms with Crippen LogP contribution in [-0.2, 0) is 16.4 Å². The van der Waals surface area contributed by atoms with E-state index in [-0.39, 0.29) is 0 Å². The summed E-state index contributed by atoms with van der Waals surface area (Å²) in [4.78, 5) is 6.82. The van der Waals surface area contributed by atoms with Gasteiger partial charge < -0.3 is 4.98 Å². The van der Waals surface area contributed by atoms with Gasteiger partial charge in [-0.1, -0.05) is 34.1 Å². The van der Waals surface area contributed by atoms with E-state index >= 15 is 0 Å². The normalized spacial score (nSPS) is 9.71. The van der Waals surface area contributed by atoms with Crippen molar-refractivity contribution in [1.29, 1.82) is 0 Å². The van der Waals surface area contributed by atoms with Crippen molar-refractivity contribution in [3.8, 4) is 0 Å². The predicted molar refractivity (Wildman–Crippen MR) is 72.5 cm³/mol. The fourth-order valence-corrected chi connectivity index (χ4v) is 1.26. The number of H-pyrrole nitrogens is 1. The second-order valence-corrected chi connectivity index (χ2v) is 4.99. The molecule has 0 aliphatic heterocycles. The minimum absolute atomic E-state index is 0.381. The molecule has 1 heterocycles. The van der Waals surface area contributed by atoms with Crippen molar-refractivity contribution < 1.29 is 8.42 Å². The van der Waals surface area contributed by atoms with Crippen LogP contribution in [-0.4, -0.2) is 31.2 Å². The fourth-order valence-electron chi connectivity index (χ4n) is 0.790. The number of aromatic nitrogens is 2. The Labute approximate surface area is 105 Å². The van der Waals surface area contributed by atoms with Gasteiger partial charge in [0.1, 0.15) is 5.82 Å². The quantitative estimate of drug-likeness (QED) is 0.871. The number of nitrogens with zero attached hydrogens (tertiary/aromatic N) is 1. The van der Waals surface area contributed by atoms with Crippen LogP contribution < -0.4 is 4.72 Å². The summed E-state index contributed by atoms with van der Waals surface area (Å²) in [5.74, 6) is 0.783. The molecule has 1 rings (SSSR count). The molecule has 0 aromatic carbocycles. The smallest absolute Gasteiger partial charge is 0.208 e. The van der Waals surface area contributed by atoms with Crippen LogP contribution in [0.4, 0.5) is 0 Å². The molecule has 0 saturated heterocycles. The molecule has 1 aromatic rings. The van der Waals surface area contributed by atoms with Crippen LogP contribution >= 0.6 is 0 Å². The summed E-state index contributed by atoms with van der Waals surface area (Å²) in [6.07, 6.45) is 6.31. The van der Waals surface area contributed by atoms with Crippen LogP contribution in [0.15, 0.2) is 12.4 Å². The molecule has 5 nitrogen and oxygen atoms in total. The van der Waals surface area contributed by atoms with Gasteiger partial charge in [0.2, 0.25) is 10.0 Å². The lowest BCUT2D eigenvalue weighted by molar-refractivity contribution is 0.587. The van der Waals surface area contributed by atoms with Crippen molar-refractivity contribution in [2.24, 2.45) is 0 Å². The topological polar surface area (TPSA) is 74.8 Å². The molecule has 0 amide bonds. The minimum Gasteiger partial charge on any atom is -0.349 e. The average Bonchev–Trinajstić information content (AvgIpc) is 2.73. The molecule has 0 fully saturated rings. The zero-order valence-electron chi connectivity index (χ0n) is 11.4. The van der Waals surface area contributed by atoms with Gasteiger partial charge in [-0.2, -0.15) is 0 Å². The van der Waals surface area contributed by atoms with Crippen LogP contribution in [0.3, 0.4) is 0 Å². The van der Waals surface area contributed by atoms with E-state index in [1.54, 1.807) is 12.4 Å². The molecule has 0 atom stereocenters. The van der Waals surface area contributed by atoms with Crippen molar-refractivity contribution in [2.75, 3.05) is 12.8 Å². The summed E-state index contributed by atoms with van der Waals surface area (Å²) in [6, 6.07) is 0. The van der Waals surface area contributed by atoms with Crippen molar-refractivity contribution in [1.82, 2.24) is 14.7 Å². The number of sulfonamides is 1. The first kappa shape index (κ1) is 18.5. The van der Waals surface area contributed by atoms with Crippen molar-refractivity contribution >= 4 is 10.0 Å². The van der Waals surface area contributed by atoms with Crippen molar-refractivity contribution in [3.63, 3.8) is 0 Å². The monoisotopic (exact) mass is 263 g/mol. The highest BCUT2D eigenvalue weighted by Gasteiger charge is 2.00. The number of aromatic amines is 1. The fraction of sp³-hybridized carbons (Fsp3) is 0.727. The van der Waals surface area contributed by atoms with E-state index in [2.05, 4.69) is 28.5 Å². The second-order valence-electron chi connectivity index (χ2n) is 3.16. The van der Waals surface area contributed by atoms with Crippen molar-refractivity contribution in [3.05, 3.63) is 18.2 Å². The van der Waals surface area contributed by atoms with E-state index in [9.17, 15) is 8.42 Å². The van der Waals surface area contributed by atoms with Gasteiger partial charge in [0.05, 0.1) is 6.26 Å². The Hall–Kier alpha value is -0.880. The molecule has 102 valence electrons. The molecule has 0 aliphatic carbocycles. The first-order valence-corrected chi connectivity index (χ1v) is 7.81. The van der Waals surface area contributed by atoms with E-state index in [0.29, 0.717) is 13.0 Å². The molecule has 17 heavy (non-hydrogen) atoms. The predicted octanol–water partition coefficient (Wildman–Crippen LogP) is 1.94. The zero-order valence-corrected chi connectivity index (χ0v) is 12.3. The molecule has 0 spiro atoms. The first-order chi connectivity index (χ1) is 7.99. The molecule has 0 aliphatic rings. The lowest BCUT2D eigenvalue weighted by Gasteiger charge is -1.98. The molecule has 0 saturated carbocycles. The Morgan fingerprint density at radius 3 is 2.24 bits per heavy atom. The third-order valence-corrected chi connectivity index (χ3v) is 2.01. The Balaban J connectivity index is 0. The lowest BCUT2D eigenvalue weighted by Crippen LogP contribution is -2.24. The molecule has 0 radical (unpaired) electrons. The Morgan fingerprint density at radius 2 is 1.88 bits per heavy atom. The molecular weight excluding hydrogens is 238 g/mol. The standard InChI is InChI=1S/C6H11N3O2S.C3H8.C2H6/c1-12(10,11)9-3-2-6-7-4-5-8-6;1-3-2;1-2/h4-5,9H,2-3H2,1H3,(H,7,8);3H2,1-2H3;1-2H3. The third kappa shape index (κ3) is 15.1. The van der Waals surface area contributed by atoms with Gasteiger partial charge >= 0.3 is 0 Å². The van der Waals surface area contributed by atoms with Crippen LogP contribution in [0.1, 0.15) is 39.9 Å². The van der Waals surface area contributed by atoms with Crippen LogP contribution in [0.25, 0.3) is 0 Å². The SMILES string of the molecule is CC.CCC.CS(=O)(=O)NCCc1ncc[nH]1. The Morgan fingerprint density at radius 1 is 1.35 bits per heavy atom. The maximum atomic E-state index is 10.6. The third-order valence-electron chi connectivity index (χ3n) is 1.28. The second kappa shape index (κ2) is 11.6. The number of hydrogen-bond donors (Lipinski definition) is 2. The largest absolute Gasteiger partial charge is 0.349 e. The van der Waals surface area contributed by atoms with Gasteiger partial charge in [0.15, 0.2) is 0 Å². The van der Waals surface area contributed by atoms with Gasteiger partial charge in [-0.15, -0.1) is 0 Å². The van der Waals surface area contributed by atoms with E-state index in [0.717, 1.165) is 12.1 Å². The van der Waals surface area contributed by atoms with Gasteiger partial charge in [-0.05, 0) is 0 Å². The van der Waals surface area contributed by atoms with E-state index in [1.165, 1.54) is 6.42 Å². The number of rotatable bonds is 4. The Kier molecular flexibility index (Phi) is 12.6. The summed E-state index contributed by atoms with van der Waals surface area (Å²) in [7, 11) is -3.07. The van der Waals surface area contributed by atoms with Gasteiger partial charge in [-0.25, -0.2) is 18.1 Å². The molecule has 1 aromatic heterocycles. The van der Waals surface area contributed by atoms with Crippen LogP contribution in [0, 0.1) is 0 Å². The first-order valence-electron chi connectivity index (χ1n) is 5.92. The highest BCUT2D eigenvalue weighted by atomic mass is 32.2. The van der Waals surface area contributed by atoms with Crippen LogP contribution in [0.5, 0.6) is 0 Å². The van der Waals surface area contributed by atoms with Crippen molar-refractivity contribution in [2.45, 2.75) is 40.5 Å². The highest BCUT2D eigenvalue weighted by Crippen LogP contribution is 1.88. The summed E-state index contributed by atoms with van der Waals surface area (Å²) >= 11 is 0. The van der Waals surface area contributed by atoms with E-state index < -0.39 is 10.0 Å².